The van der Waals surface area contributed by atoms with E-state index < -0.39 is 10.0 Å². The first kappa shape index (κ1) is 16.5. The van der Waals surface area contributed by atoms with Crippen molar-refractivity contribution in [2.75, 3.05) is 6.54 Å². The highest BCUT2D eigenvalue weighted by Crippen LogP contribution is 2.18. The maximum atomic E-state index is 12.4. The summed E-state index contributed by atoms with van der Waals surface area (Å²) in [6.07, 6.45) is 4.99. The summed E-state index contributed by atoms with van der Waals surface area (Å²) in [4.78, 5) is 0. The second-order valence-corrected chi connectivity index (χ2v) is 7.42. The van der Waals surface area contributed by atoms with Crippen molar-refractivity contribution in [2.45, 2.75) is 18.7 Å². The molecule has 24 heavy (non-hydrogen) atoms. The topological polar surface area (TPSA) is 77.1 Å². The summed E-state index contributed by atoms with van der Waals surface area (Å²) in [5.41, 5.74) is 1.80. The van der Waals surface area contributed by atoms with Gasteiger partial charge in [0.05, 0.1) is 12.0 Å². The summed E-state index contributed by atoms with van der Waals surface area (Å²) < 4.78 is 34.5. The van der Waals surface area contributed by atoms with Gasteiger partial charge in [0, 0.05) is 18.9 Å². The highest BCUT2D eigenvalue weighted by atomic mass is 32.2. The fraction of sp³-hybridized carbons (Fsp3) is 0.235. The minimum absolute atomic E-state index is 0.0569. The van der Waals surface area contributed by atoms with E-state index in [1.165, 1.54) is 0 Å². The summed E-state index contributed by atoms with van der Waals surface area (Å²) in [6, 6.07) is 12.5. The number of benzene rings is 1. The first-order valence-corrected chi connectivity index (χ1v) is 9.24. The Morgan fingerprint density at radius 2 is 2.12 bits per heavy atom. The Bertz CT molecular complexity index is 837. The van der Waals surface area contributed by atoms with Crippen LogP contribution in [0.4, 0.5) is 0 Å². The van der Waals surface area contributed by atoms with Crippen molar-refractivity contribution in [3.8, 4) is 0 Å². The Hall–Kier alpha value is -2.38. The lowest BCUT2D eigenvalue weighted by atomic mass is 10.2. The van der Waals surface area contributed by atoms with Gasteiger partial charge in [0.1, 0.15) is 11.8 Å². The highest BCUT2D eigenvalue weighted by molar-refractivity contribution is 7.88. The first-order chi connectivity index (χ1) is 11.5. The van der Waals surface area contributed by atoms with Gasteiger partial charge in [-0.05, 0) is 30.7 Å². The molecule has 0 aliphatic rings. The lowest BCUT2D eigenvalue weighted by molar-refractivity contribution is 0.402. The van der Waals surface area contributed by atoms with Crippen LogP contribution in [0.15, 0.2) is 65.5 Å². The van der Waals surface area contributed by atoms with E-state index in [4.69, 9.17) is 4.42 Å². The lowest BCUT2D eigenvalue weighted by Crippen LogP contribution is -2.32. The second kappa shape index (κ2) is 7.02. The summed E-state index contributed by atoms with van der Waals surface area (Å²) in [5.74, 6) is 0.593. The van der Waals surface area contributed by atoms with Crippen molar-refractivity contribution in [3.05, 3.63) is 78.0 Å². The minimum Gasteiger partial charge on any atom is -0.467 e. The van der Waals surface area contributed by atoms with Gasteiger partial charge in [-0.2, -0.15) is 5.10 Å². The second-order valence-electron chi connectivity index (χ2n) is 5.61. The van der Waals surface area contributed by atoms with Crippen molar-refractivity contribution in [1.29, 1.82) is 0 Å². The van der Waals surface area contributed by atoms with E-state index in [1.807, 2.05) is 31.2 Å². The van der Waals surface area contributed by atoms with E-state index >= 15 is 0 Å². The van der Waals surface area contributed by atoms with Crippen LogP contribution in [-0.4, -0.2) is 24.7 Å². The summed E-state index contributed by atoms with van der Waals surface area (Å²) in [6.45, 7) is 2.11. The van der Waals surface area contributed by atoms with Crippen LogP contribution in [0.5, 0.6) is 0 Å². The van der Waals surface area contributed by atoms with Gasteiger partial charge in [0.2, 0.25) is 10.0 Å². The predicted octanol–water partition coefficient (Wildman–Crippen LogP) is 2.49. The van der Waals surface area contributed by atoms with E-state index in [0.29, 0.717) is 5.76 Å². The number of nitrogens with one attached hydrogen (secondary N) is 1. The van der Waals surface area contributed by atoms with Crippen LogP contribution in [0.1, 0.15) is 22.9 Å². The van der Waals surface area contributed by atoms with Gasteiger partial charge >= 0.3 is 0 Å². The van der Waals surface area contributed by atoms with Gasteiger partial charge in [-0.1, -0.05) is 29.8 Å². The van der Waals surface area contributed by atoms with E-state index in [9.17, 15) is 8.42 Å². The number of rotatable bonds is 7. The number of sulfonamides is 1. The molecule has 126 valence electrons. The zero-order valence-electron chi connectivity index (χ0n) is 13.3. The van der Waals surface area contributed by atoms with Gasteiger partial charge in [-0.15, -0.1) is 0 Å². The van der Waals surface area contributed by atoms with E-state index in [-0.39, 0.29) is 18.3 Å². The molecule has 7 heteroatoms. The number of hydrogen-bond donors (Lipinski definition) is 1. The summed E-state index contributed by atoms with van der Waals surface area (Å²) in [5, 5.41) is 4.19. The van der Waals surface area contributed by atoms with Crippen LogP contribution >= 0.6 is 0 Å². The standard InChI is InChI=1S/C17H19N3O3S/c1-14-5-2-6-15(11-14)13-24(21,22)19-12-16(17-7-3-10-23-17)20-9-4-8-18-20/h2-11,16,19H,12-13H2,1H3/t16-/m1/s1. The Kier molecular flexibility index (Phi) is 4.82. The van der Waals surface area contributed by atoms with Crippen LogP contribution in [-0.2, 0) is 15.8 Å². The van der Waals surface area contributed by atoms with Crippen LogP contribution in [0.2, 0.25) is 0 Å². The Morgan fingerprint density at radius 3 is 2.79 bits per heavy atom. The molecule has 0 amide bonds. The maximum Gasteiger partial charge on any atom is 0.215 e. The van der Waals surface area contributed by atoms with Crippen LogP contribution < -0.4 is 4.72 Å². The molecule has 0 aliphatic heterocycles. The number of furan rings is 1. The molecule has 3 aromatic rings. The van der Waals surface area contributed by atoms with Gasteiger partial charge in [0.25, 0.3) is 0 Å². The van der Waals surface area contributed by atoms with Gasteiger partial charge in [-0.3, -0.25) is 4.68 Å². The number of hydrogen-bond acceptors (Lipinski definition) is 4. The quantitative estimate of drug-likeness (QED) is 0.714. The third-order valence-electron chi connectivity index (χ3n) is 3.65. The van der Waals surface area contributed by atoms with Crippen LogP contribution in [0.25, 0.3) is 0 Å². The fourth-order valence-electron chi connectivity index (χ4n) is 2.55. The molecule has 0 saturated heterocycles. The Morgan fingerprint density at radius 1 is 1.25 bits per heavy atom. The molecule has 0 saturated carbocycles. The third-order valence-corrected chi connectivity index (χ3v) is 4.97. The van der Waals surface area contributed by atoms with Crippen molar-refractivity contribution in [3.63, 3.8) is 0 Å². The zero-order valence-corrected chi connectivity index (χ0v) is 14.1. The molecule has 1 atom stereocenters. The molecular formula is C17H19N3O3S. The molecular weight excluding hydrogens is 326 g/mol. The first-order valence-electron chi connectivity index (χ1n) is 7.59. The molecule has 3 rings (SSSR count). The van der Waals surface area contributed by atoms with Crippen molar-refractivity contribution >= 4 is 10.0 Å². The largest absolute Gasteiger partial charge is 0.467 e. The number of nitrogens with zero attached hydrogens (tertiary/aromatic N) is 2. The SMILES string of the molecule is Cc1cccc(CS(=O)(=O)NC[C@H](c2ccco2)n2cccn2)c1. The molecule has 6 nitrogen and oxygen atoms in total. The van der Waals surface area contributed by atoms with Crippen molar-refractivity contribution in [1.82, 2.24) is 14.5 Å². The molecule has 0 aliphatic carbocycles. The lowest BCUT2D eigenvalue weighted by Gasteiger charge is -2.16. The van der Waals surface area contributed by atoms with Gasteiger partial charge in [0.15, 0.2) is 0 Å². The normalized spacial score (nSPS) is 13.0. The third kappa shape index (κ3) is 4.12. The molecule has 0 radical (unpaired) electrons. The molecule has 0 fully saturated rings. The van der Waals surface area contributed by atoms with Crippen molar-refractivity contribution < 1.29 is 12.8 Å². The molecule has 2 heterocycles. The molecule has 1 aromatic carbocycles. The maximum absolute atomic E-state index is 12.4. The number of aryl methyl sites for hydroxylation is 1. The Balaban J connectivity index is 1.72. The Labute approximate surface area is 141 Å². The van der Waals surface area contributed by atoms with E-state index in [1.54, 1.807) is 41.5 Å². The smallest absolute Gasteiger partial charge is 0.215 e. The highest BCUT2D eigenvalue weighted by Gasteiger charge is 2.20. The van der Waals surface area contributed by atoms with E-state index in [2.05, 4.69) is 9.82 Å². The summed E-state index contributed by atoms with van der Waals surface area (Å²) in [7, 11) is -3.46. The molecule has 2 aromatic heterocycles. The average molecular weight is 345 g/mol. The van der Waals surface area contributed by atoms with Gasteiger partial charge < -0.3 is 4.42 Å². The monoisotopic (exact) mass is 345 g/mol. The predicted molar refractivity (Wildman–Crippen MR) is 90.9 cm³/mol. The number of aromatic nitrogens is 2. The van der Waals surface area contributed by atoms with Gasteiger partial charge in [-0.25, -0.2) is 13.1 Å². The van der Waals surface area contributed by atoms with E-state index in [0.717, 1.165) is 11.1 Å². The minimum atomic E-state index is -3.46. The zero-order chi connectivity index (χ0) is 17.0. The van der Waals surface area contributed by atoms with Crippen LogP contribution in [0.3, 0.4) is 0 Å². The fourth-order valence-corrected chi connectivity index (χ4v) is 3.68. The van der Waals surface area contributed by atoms with Crippen LogP contribution in [0, 0.1) is 6.92 Å². The van der Waals surface area contributed by atoms with Crippen molar-refractivity contribution in [2.24, 2.45) is 0 Å². The molecule has 0 bridgehead atoms. The average Bonchev–Trinajstić information content (AvgIpc) is 3.20. The molecule has 0 spiro atoms. The summed E-state index contributed by atoms with van der Waals surface area (Å²) >= 11 is 0. The molecule has 0 unspecified atom stereocenters. The molecule has 1 N–H and O–H groups in total.